The summed E-state index contributed by atoms with van der Waals surface area (Å²) in [6, 6.07) is 17.6. The number of alkyl halides is 3. The van der Waals surface area contributed by atoms with E-state index in [0.29, 0.717) is 35.8 Å². The zero-order valence-corrected chi connectivity index (χ0v) is 24.0. The first-order valence-corrected chi connectivity index (χ1v) is 14.0. The second-order valence-corrected chi connectivity index (χ2v) is 10.0. The van der Waals surface area contributed by atoms with Crippen molar-refractivity contribution in [1.29, 1.82) is 0 Å². The maximum absolute atomic E-state index is 12.9. The Labute approximate surface area is 242 Å². The van der Waals surface area contributed by atoms with Crippen molar-refractivity contribution < 1.29 is 41.8 Å². The van der Waals surface area contributed by atoms with Gasteiger partial charge in [0.25, 0.3) is 0 Å². The molecule has 0 N–H and O–H groups in total. The average molecular weight is 591 g/mol. The first kappa shape index (κ1) is 33.5. The minimum atomic E-state index is -4.40. The third-order valence-electron chi connectivity index (χ3n) is 5.62. The van der Waals surface area contributed by atoms with Gasteiger partial charge in [0.15, 0.2) is 5.78 Å². The molecule has 0 radical (unpaired) electrons. The topological polar surface area (TPSA) is 78.9 Å². The van der Waals surface area contributed by atoms with Crippen molar-refractivity contribution in [2.45, 2.75) is 57.2 Å². The molecule has 0 amide bonds. The lowest BCUT2D eigenvalue weighted by Crippen LogP contribution is -2.27. The molecule has 0 aromatic heterocycles. The highest BCUT2D eigenvalue weighted by Gasteiger charge is 2.30. The second-order valence-electron chi connectivity index (χ2n) is 8.94. The van der Waals surface area contributed by atoms with Crippen LogP contribution in [0.15, 0.2) is 71.6 Å². The van der Waals surface area contributed by atoms with E-state index in [2.05, 4.69) is 13.0 Å². The molecule has 0 heterocycles. The third-order valence-corrected chi connectivity index (χ3v) is 6.74. The van der Waals surface area contributed by atoms with Crippen LogP contribution in [0.5, 0.6) is 17.2 Å². The van der Waals surface area contributed by atoms with Gasteiger partial charge in [0.1, 0.15) is 30.0 Å². The van der Waals surface area contributed by atoms with Gasteiger partial charge in [-0.15, -0.1) is 11.8 Å². The van der Waals surface area contributed by atoms with E-state index < -0.39 is 17.8 Å². The summed E-state index contributed by atoms with van der Waals surface area (Å²) in [5.41, 5.74) is 0.939. The number of hydrogen-bond donors (Lipinski definition) is 0. The summed E-state index contributed by atoms with van der Waals surface area (Å²) >= 11 is 1.59. The van der Waals surface area contributed by atoms with Gasteiger partial charge in [0.2, 0.25) is 0 Å². The molecule has 1 unspecified atom stereocenters. The molecule has 220 valence electrons. The number of thioether (sulfide) groups is 1. The Balaban J connectivity index is 0.00000187. The van der Waals surface area contributed by atoms with Crippen molar-refractivity contribution in [3.05, 3.63) is 83.4 Å². The highest BCUT2D eigenvalue weighted by molar-refractivity contribution is 7.99. The molecule has 6 nitrogen and oxygen atoms in total. The van der Waals surface area contributed by atoms with Crippen LogP contribution in [0.1, 0.15) is 54.6 Å². The lowest BCUT2D eigenvalue weighted by molar-refractivity contribution is -0.191. The largest absolute Gasteiger partial charge is 0.493 e. The van der Waals surface area contributed by atoms with Crippen LogP contribution >= 0.6 is 11.8 Å². The number of ketones is 1. The molecule has 0 fully saturated rings. The molecule has 3 aromatic rings. The molecular formula is C31H33F3O6S. The minimum Gasteiger partial charge on any atom is -0.493 e. The molecular weight excluding hydrogens is 557 g/mol. The van der Waals surface area contributed by atoms with Crippen molar-refractivity contribution in [3.8, 4) is 17.2 Å². The first-order chi connectivity index (χ1) is 19.6. The standard InChI is InChI=1S/C30H33F3O4S.CO2/c1-4-6-28(34)22-7-11-25(12-8-22)37-26(19-36-24-13-9-23(10-14-24)30(31,32)33)20-38-27-15-16-29(21(3)18-27)35-17-5-2;2-1-3/h7-16,18,26H,4-6,17,19-20H2,1-3H3;. The first-order valence-electron chi connectivity index (χ1n) is 13.1. The van der Waals surface area contributed by atoms with E-state index in [1.165, 1.54) is 12.1 Å². The van der Waals surface area contributed by atoms with E-state index in [9.17, 15) is 18.0 Å². The fraction of sp³-hybridized carbons (Fsp3) is 0.355. The molecule has 0 saturated heterocycles. The Hall–Kier alpha value is -3.75. The number of Topliss-reactive ketones (excluding diaryl/α,β-unsaturated/α-hetero) is 1. The summed E-state index contributed by atoms with van der Waals surface area (Å²) in [5, 5.41) is 0. The maximum Gasteiger partial charge on any atom is 0.416 e. The van der Waals surface area contributed by atoms with Gasteiger partial charge < -0.3 is 14.2 Å². The second kappa shape index (κ2) is 17.1. The van der Waals surface area contributed by atoms with E-state index in [1.54, 1.807) is 36.0 Å². The fourth-order valence-electron chi connectivity index (χ4n) is 3.60. The van der Waals surface area contributed by atoms with Gasteiger partial charge in [-0.25, -0.2) is 0 Å². The normalized spacial score (nSPS) is 11.5. The predicted molar refractivity (Wildman–Crippen MR) is 150 cm³/mol. The number of rotatable bonds is 14. The monoisotopic (exact) mass is 590 g/mol. The summed E-state index contributed by atoms with van der Waals surface area (Å²) in [4.78, 5) is 29.4. The van der Waals surface area contributed by atoms with Crippen molar-refractivity contribution in [2.24, 2.45) is 0 Å². The van der Waals surface area contributed by atoms with Crippen molar-refractivity contribution in [2.75, 3.05) is 19.0 Å². The van der Waals surface area contributed by atoms with Crippen LogP contribution in [0, 0.1) is 6.92 Å². The highest BCUT2D eigenvalue weighted by atomic mass is 32.2. The van der Waals surface area contributed by atoms with Crippen molar-refractivity contribution in [3.63, 3.8) is 0 Å². The summed E-state index contributed by atoms with van der Waals surface area (Å²) in [5.74, 6) is 2.38. The molecule has 0 saturated carbocycles. The SMILES string of the molecule is CCCOc1ccc(SCC(COc2ccc(C(F)(F)F)cc2)Oc2ccc(C(=O)CCC)cc2)cc1C.O=C=O. The Morgan fingerprint density at radius 3 is 2.10 bits per heavy atom. The third kappa shape index (κ3) is 11.7. The number of benzene rings is 3. The number of ether oxygens (including phenoxy) is 3. The predicted octanol–water partition coefficient (Wildman–Crippen LogP) is 7.82. The van der Waals surface area contributed by atoms with Crippen LogP contribution in [0.4, 0.5) is 13.2 Å². The summed E-state index contributed by atoms with van der Waals surface area (Å²) in [7, 11) is 0. The quantitative estimate of drug-likeness (QED) is 0.140. The smallest absolute Gasteiger partial charge is 0.416 e. The minimum absolute atomic E-state index is 0.0820. The van der Waals surface area contributed by atoms with Crippen molar-refractivity contribution >= 4 is 23.7 Å². The lowest BCUT2D eigenvalue weighted by Gasteiger charge is -2.20. The summed E-state index contributed by atoms with van der Waals surface area (Å²) < 4.78 is 56.4. The Kier molecular flexibility index (Phi) is 14.0. The zero-order chi connectivity index (χ0) is 30.3. The molecule has 41 heavy (non-hydrogen) atoms. The van der Waals surface area contributed by atoms with E-state index in [1.807, 2.05) is 26.0 Å². The van der Waals surface area contributed by atoms with Gasteiger partial charge in [0, 0.05) is 22.6 Å². The molecule has 0 spiro atoms. The van der Waals surface area contributed by atoms with Gasteiger partial charge in [-0.2, -0.15) is 22.8 Å². The molecule has 0 aliphatic carbocycles. The summed E-state index contributed by atoms with van der Waals surface area (Å²) in [6.07, 6.45) is -2.36. The lowest BCUT2D eigenvalue weighted by atomic mass is 10.1. The molecule has 0 aliphatic heterocycles. The number of carbonyl (C=O) groups is 1. The highest BCUT2D eigenvalue weighted by Crippen LogP contribution is 2.31. The van der Waals surface area contributed by atoms with Gasteiger partial charge in [-0.1, -0.05) is 13.8 Å². The molecule has 3 rings (SSSR count). The van der Waals surface area contributed by atoms with Gasteiger partial charge in [0.05, 0.1) is 12.2 Å². The molecule has 1 atom stereocenters. The Morgan fingerprint density at radius 2 is 1.54 bits per heavy atom. The van der Waals surface area contributed by atoms with Crippen molar-refractivity contribution in [1.82, 2.24) is 0 Å². The molecule has 10 heteroatoms. The Bertz CT molecular complexity index is 1250. The van der Waals surface area contributed by atoms with E-state index in [0.717, 1.165) is 41.2 Å². The van der Waals surface area contributed by atoms with Gasteiger partial charge in [-0.05, 0) is 92.1 Å². The molecule has 3 aromatic carbocycles. The summed E-state index contributed by atoms with van der Waals surface area (Å²) in [6.45, 7) is 6.81. The molecule has 0 bridgehead atoms. The Morgan fingerprint density at radius 1 is 0.902 bits per heavy atom. The number of carbonyl (C=O) groups excluding carboxylic acids is 3. The number of hydrogen-bond acceptors (Lipinski definition) is 7. The molecule has 0 aliphatic rings. The van der Waals surface area contributed by atoms with E-state index in [4.69, 9.17) is 23.8 Å². The van der Waals surface area contributed by atoms with E-state index >= 15 is 0 Å². The fourth-order valence-corrected chi connectivity index (χ4v) is 4.57. The van der Waals surface area contributed by atoms with Crippen LogP contribution in [-0.4, -0.2) is 37.0 Å². The maximum atomic E-state index is 12.9. The number of aryl methyl sites for hydroxylation is 1. The van der Waals surface area contributed by atoms with Crippen LogP contribution in [0.2, 0.25) is 0 Å². The number of halogens is 3. The van der Waals surface area contributed by atoms with E-state index in [-0.39, 0.29) is 18.5 Å². The van der Waals surface area contributed by atoms with Crippen LogP contribution < -0.4 is 14.2 Å². The van der Waals surface area contributed by atoms with Gasteiger partial charge in [-0.3, -0.25) is 4.79 Å². The average Bonchev–Trinajstić information content (AvgIpc) is 2.94. The van der Waals surface area contributed by atoms with Crippen LogP contribution in [0.25, 0.3) is 0 Å². The van der Waals surface area contributed by atoms with Crippen LogP contribution in [-0.2, 0) is 15.8 Å². The van der Waals surface area contributed by atoms with Gasteiger partial charge >= 0.3 is 12.3 Å². The zero-order valence-electron chi connectivity index (χ0n) is 23.2. The van der Waals surface area contributed by atoms with Crippen LogP contribution in [0.3, 0.4) is 0 Å².